The Morgan fingerprint density at radius 2 is 1.59 bits per heavy atom. The van der Waals surface area contributed by atoms with E-state index in [0.717, 1.165) is 6.42 Å². The molecule has 8 heteroatoms. The van der Waals surface area contributed by atoms with Crippen molar-refractivity contribution in [2.45, 2.75) is 13.3 Å². The van der Waals surface area contributed by atoms with Gasteiger partial charge >= 0.3 is 0 Å². The monoisotopic (exact) mass is 514 g/mol. The molecule has 1 aliphatic heterocycles. The summed E-state index contributed by atoms with van der Waals surface area (Å²) in [5.41, 5.74) is 1.51. The Balaban J connectivity index is 1.38. The maximum Gasteiger partial charge on any atom is 0.259 e. The lowest BCUT2D eigenvalue weighted by Crippen LogP contribution is -2.45. The molecule has 2 bridgehead atoms. The topological polar surface area (TPSA) is 57.7 Å². The highest BCUT2D eigenvalue weighted by molar-refractivity contribution is 6.42. The average Bonchev–Trinajstić information content (AvgIpc) is 3.61. The number of hydrogen-bond donors (Lipinski definition) is 0. The molecule has 0 aromatic heterocycles. The van der Waals surface area contributed by atoms with E-state index in [1.54, 1.807) is 37.3 Å². The molecule has 0 radical (unpaired) electrons. The number of nitrogens with zero attached hydrogens (tertiary/aromatic N) is 2. The number of benzene rings is 2. The summed E-state index contributed by atoms with van der Waals surface area (Å²) in [7, 11) is 0. The van der Waals surface area contributed by atoms with E-state index in [1.807, 2.05) is 0 Å². The van der Waals surface area contributed by atoms with Crippen LogP contribution in [-0.2, 0) is 9.59 Å². The second-order valence-electron chi connectivity index (χ2n) is 9.65. The average molecular weight is 516 g/mol. The van der Waals surface area contributed by atoms with E-state index in [4.69, 9.17) is 34.8 Å². The van der Waals surface area contributed by atoms with Gasteiger partial charge in [-0.05, 0) is 72.9 Å². The Hall–Kier alpha value is -2.34. The zero-order valence-corrected chi connectivity index (χ0v) is 20.5. The standard InChI is InChI=1S/C26H21Cl3N2O3/c1-12-18(27)3-2-4-21(12)30(24(32)13-5-8-19(28)20(29)9-13)11-31-25(33)22-14-6-7-15(17-10-16(14)17)23(22)26(31)34/h2-9,14-17,22-23H,10-11H2,1H3. The predicted octanol–water partition coefficient (Wildman–Crippen LogP) is 5.61. The molecule has 2 aromatic carbocycles. The molecular weight excluding hydrogens is 495 g/mol. The van der Waals surface area contributed by atoms with E-state index in [0.29, 0.717) is 38.7 Å². The van der Waals surface area contributed by atoms with Gasteiger partial charge in [0.25, 0.3) is 5.91 Å². The summed E-state index contributed by atoms with van der Waals surface area (Å²) in [6.45, 7) is 1.62. The van der Waals surface area contributed by atoms with Crippen LogP contribution in [0.2, 0.25) is 15.1 Å². The van der Waals surface area contributed by atoms with Gasteiger partial charge in [-0.3, -0.25) is 24.2 Å². The van der Waals surface area contributed by atoms with E-state index in [1.165, 1.54) is 15.9 Å². The summed E-state index contributed by atoms with van der Waals surface area (Å²) >= 11 is 18.6. The molecule has 1 saturated heterocycles. The van der Waals surface area contributed by atoms with E-state index >= 15 is 0 Å². The first-order valence-electron chi connectivity index (χ1n) is 11.3. The number of anilines is 1. The number of rotatable bonds is 4. The lowest BCUT2D eigenvalue weighted by Gasteiger charge is -2.37. The molecule has 5 aliphatic rings. The van der Waals surface area contributed by atoms with Crippen LogP contribution in [0, 0.1) is 42.4 Å². The highest BCUT2D eigenvalue weighted by atomic mass is 35.5. The molecule has 6 atom stereocenters. The van der Waals surface area contributed by atoms with Gasteiger partial charge in [-0.15, -0.1) is 0 Å². The van der Waals surface area contributed by atoms with Crippen molar-refractivity contribution in [2.24, 2.45) is 35.5 Å². The van der Waals surface area contributed by atoms with Crippen molar-refractivity contribution in [2.75, 3.05) is 11.6 Å². The van der Waals surface area contributed by atoms with Gasteiger partial charge in [0, 0.05) is 10.6 Å². The van der Waals surface area contributed by atoms with Crippen molar-refractivity contribution in [3.8, 4) is 0 Å². The summed E-state index contributed by atoms with van der Waals surface area (Å²) in [4.78, 5) is 43.5. The number of carbonyl (C=O) groups is 3. The van der Waals surface area contributed by atoms with Crippen LogP contribution in [-0.4, -0.2) is 29.3 Å². The van der Waals surface area contributed by atoms with Crippen LogP contribution >= 0.6 is 34.8 Å². The molecule has 34 heavy (non-hydrogen) atoms. The second kappa shape index (κ2) is 7.84. The SMILES string of the molecule is Cc1c(Cl)cccc1N(CN1C(=O)C2C3C=CC(C4CC34)C2C1=O)C(=O)c1ccc(Cl)c(Cl)c1. The lowest BCUT2D eigenvalue weighted by molar-refractivity contribution is -0.140. The van der Waals surface area contributed by atoms with Gasteiger partial charge in [-0.25, -0.2) is 0 Å². The van der Waals surface area contributed by atoms with Crippen molar-refractivity contribution in [3.05, 3.63) is 74.7 Å². The number of hydrogen-bond acceptors (Lipinski definition) is 3. The summed E-state index contributed by atoms with van der Waals surface area (Å²) in [5, 5.41) is 1.07. The van der Waals surface area contributed by atoms with Crippen LogP contribution in [0.3, 0.4) is 0 Å². The maximum atomic E-state index is 13.7. The third-order valence-corrected chi connectivity index (χ3v) is 9.13. The fraction of sp³-hybridized carbons (Fsp3) is 0.346. The normalized spacial score (nSPS) is 30.4. The van der Waals surface area contributed by atoms with Crippen molar-refractivity contribution in [3.63, 3.8) is 0 Å². The third kappa shape index (κ3) is 3.17. The van der Waals surface area contributed by atoms with E-state index in [9.17, 15) is 14.4 Å². The molecule has 2 saturated carbocycles. The highest BCUT2D eigenvalue weighted by Crippen LogP contribution is 2.65. The number of carbonyl (C=O) groups excluding carboxylic acids is 3. The molecule has 1 heterocycles. The quantitative estimate of drug-likeness (QED) is 0.393. The van der Waals surface area contributed by atoms with Gasteiger partial charge in [0.2, 0.25) is 11.8 Å². The van der Waals surface area contributed by atoms with E-state index < -0.39 is 5.91 Å². The summed E-state index contributed by atoms with van der Waals surface area (Å²) in [6, 6.07) is 9.85. The fourth-order valence-electron chi connectivity index (χ4n) is 6.22. The molecule has 5 nitrogen and oxygen atoms in total. The van der Waals surface area contributed by atoms with Gasteiger partial charge in [-0.2, -0.15) is 0 Å². The maximum absolute atomic E-state index is 13.7. The minimum absolute atomic E-state index is 0.119. The van der Waals surface area contributed by atoms with E-state index in [2.05, 4.69) is 12.2 Å². The molecule has 3 amide bonds. The molecule has 7 rings (SSSR count). The molecular formula is C26H21Cl3N2O3. The van der Waals surface area contributed by atoms with Crippen molar-refractivity contribution >= 4 is 58.2 Å². The number of amides is 3. The Morgan fingerprint density at radius 3 is 2.21 bits per heavy atom. The third-order valence-electron chi connectivity index (χ3n) is 7.98. The van der Waals surface area contributed by atoms with Crippen LogP contribution in [0.5, 0.6) is 0 Å². The fourth-order valence-corrected chi connectivity index (χ4v) is 6.69. The predicted molar refractivity (Wildman–Crippen MR) is 131 cm³/mol. The largest absolute Gasteiger partial charge is 0.289 e. The van der Waals surface area contributed by atoms with Crippen LogP contribution in [0.1, 0.15) is 22.3 Å². The van der Waals surface area contributed by atoms with Gasteiger partial charge in [-0.1, -0.05) is 53.0 Å². The second-order valence-corrected chi connectivity index (χ2v) is 10.9. The Bertz CT molecular complexity index is 1260. The molecule has 2 aromatic rings. The molecule has 0 N–H and O–H groups in total. The number of imide groups is 1. The van der Waals surface area contributed by atoms with Crippen molar-refractivity contribution < 1.29 is 14.4 Å². The molecule has 0 spiro atoms. The zero-order valence-electron chi connectivity index (χ0n) is 18.3. The van der Waals surface area contributed by atoms with Crippen LogP contribution < -0.4 is 4.90 Å². The first-order valence-corrected chi connectivity index (χ1v) is 12.5. The summed E-state index contributed by atoms with van der Waals surface area (Å²) in [6.07, 6.45) is 5.36. The molecule has 174 valence electrons. The number of likely N-dealkylation sites (tertiary alicyclic amines) is 1. The first-order chi connectivity index (χ1) is 16.3. The highest BCUT2D eigenvalue weighted by Gasteiger charge is 2.67. The Morgan fingerprint density at radius 1 is 0.941 bits per heavy atom. The minimum Gasteiger partial charge on any atom is -0.289 e. The first kappa shape index (κ1) is 22.1. The zero-order chi connectivity index (χ0) is 23.9. The molecule has 6 unspecified atom stereocenters. The summed E-state index contributed by atoms with van der Waals surface area (Å²) < 4.78 is 0. The minimum atomic E-state index is -0.400. The van der Waals surface area contributed by atoms with Crippen molar-refractivity contribution in [1.29, 1.82) is 0 Å². The van der Waals surface area contributed by atoms with Gasteiger partial charge in [0.05, 0.1) is 27.6 Å². The molecule has 3 fully saturated rings. The Labute approximate surface area is 212 Å². The molecule has 4 aliphatic carbocycles. The smallest absolute Gasteiger partial charge is 0.259 e. The van der Waals surface area contributed by atoms with Crippen LogP contribution in [0.4, 0.5) is 5.69 Å². The van der Waals surface area contributed by atoms with Gasteiger partial charge in [0.1, 0.15) is 6.67 Å². The van der Waals surface area contributed by atoms with Crippen LogP contribution in [0.25, 0.3) is 0 Å². The van der Waals surface area contributed by atoms with Crippen LogP contribution in [0.15, 0.2) is 48.6 Å². The van der Waals surface area contributed by atoms with E-state index in [-0.39, 0.29) is 47.2 Å². The van der Waals surface area contributed by atoms with Gasteiger partial charge in [0.15, 0.2) is 0 Å². The summed E-state index contributed by atoms with van der Waals surface area (Å²) in [5.74, 6) is -0.167. The number of allylic oxidation sites excluding steroid dienone is 2. The van der Waals surface area contributed by atoms with Crippen molar-refractivity contribution in [1.82, 2.24) is 4.90 Å². The Kier molecular flexibility index (Phi) is 5.11. The lowest BCUT2D eigenvalue weighted by atomic mass is 9.63. The van der Waals surface area contributed by atoms with Gasteiger partial charge < -0.3 is 0 Å². The number of halogens is 3.